The van der Waals surface area contributed by atoms with E-state index < -0.39 is 5.97 Å². The molecule has 0 spiro atoms. The SMILES string of the molecule is CCOC(=O)c1c(-c2ccco2)csc1NC(=O)CSc1cccc[n+]1[O-]. The number of esters is 1. The van der Waals surface area contributed by atoms with Crippen LogP contribution in [0.3, 0.4) is 0 Å². The number of hydrogen-bond acceptors (Lipinski definition) is 7. The zero-order valence-electron chi connectivity index (χ0n) is 14.3. The molecule has 0 unspecified atom stereocenters. The summed E-state index contributed by atoms with van der Waals surface area (Å²) in [6.07, 6.45) is 2.88. The fourth-order valence-corrected chi connectivity index (χ4v) is 3.96. The van der Waals surface area contributed by atoms with E-state index in [0.29, 0.717) is 26.1 Å². The van der Waals surface area contributed by atoms with Gasteiger partial charge in [0.2, 0.25) is 5.91 Å². The fraction of sp³-hybridized carbons (Fsp3) is 0.167. The predicted octanol–water partition coefficient (Wildman–Crippen LogP) is 3.55. The molecule has 7 nitrogen and oxygen atoms in total. The molecular weight excluding hydrogens is 388 g/mol. The molecule has 3 aromatic rings. The van der Waals surface area contributed by atoms with E-state index in [1.807, 2.05) is 0 Å². The van der Waals surface area contributed by atoms with Gasteiger partial charge >= 0.3 is 5.97 Å². The first-order chi connectivity index (χ1) is 13.1. The third-order valence-corrected chi connectivity index (χ3v) is 5.36. The quantitative estimate of drug-likeness (QED) is 0.280. The Morgan fingerprint density at radius 2 is 2.19 bits per heavy atom. The van der Waals surface area contributed by atoms with Crippen LogP contribution in [-0.2, 0) is 9.53 Å². The molecule has 140 valence electrons. The van der Waals surface area contributed by atoms with Gasteiger partial charge in [0.15, 0.2) is 6.20 Å². The number of anilines is 1. The zero-order valence-corrected chi connectivity index (χ0v) is 16.0. The molecule has 0 bridgehead atoms. The second kappa shape index (κ2) is 8.74. The summed E-state index contributed by atoms with van der Waals surface area (Å²) in [5.41, 5.74) is 0.820. The Labute approximate surface area is 163 Å². The van der Waals surface area contributed by atoms with Crippen LogP contribution in [0.5, 0.6) is 0 Å². The van der Waals surface area contributed by atoms with Crippen molar-refractivity contribution in [3.63, 3.8) is 0 Å². The highest BCUT2D eigenvalue weighted by Gasteiger charge is 2.24. The molecule has 3 heterocycles. The number of ether oxygens (including phenoxy) is 1. The summed E-state index contributed by atoms with van der Waals surface area (Å²) in [6.45, 7) is 1.93. The Kier molecular flexibility index (Phi) is 6.15. The maximum atomic E-state index is 12.4. The third-order valence-electron chi connectivity index (χ3n) is 3.45. The van der Waals surface area contributed by atoms with E-state index in [9.17, 15) is 14.8 Å². The molecule has 1 amide bonds. The van der Waals surface area contributed by atoms with Crippen molar-refractivity contribution in [1.29, 1.82) is 0 Å². The predicted molar refractivity (Wildman–Crippen MR) is 103 cm³/mol. The Hall–Kier alpha value is -2.78. The summed E-state index contributed by atoms with van der Waals surface area (Å²) >= 11 is 2.32. The first-order valence-electron chi connectivity index (χ1n) is 8.03. The number of nitrogens with zero attached hydrogens (tertiary/aromatic N) is 1. The van der Waals surface area contributed by atoms with E-state index in [4.69, 9.17) is 9.15 Å². The number of aromatic nitrogens is 1. The normalized spacial score (nSPS) is 10.6. The van der Waals surface area contributed by atoms with Crippen molar-refractivity contribution < 1.29 is 23.5 Å². The number of carbonyl (C=O) groups is 2. The molecule has 0 aromatic carbocycles. The van der Waals surface area contributed by atoms with Gasteiger partial charge in [-0.05, 0) is 36.9 Å². The summed E-state index contributed by atoms with van der Waals surface area (Å²) < 4.78 is 11.2. The maximum absolute atomic E-state index is 12.4. The van der Waals surface area contributed by atoms with E-state index in [-0.39, 0.29) is 23.8 Å². The second-order valence-electron chi connectivity index (χ2n) is 5.25. The fourth-order valence-electron chi connectivity index (χ4n) is 2.30. The lowest BCUT2D eigenvalue weighted by molar-refractivity contribution is -0.645. The van der Waals surface area contributed by atoms with Crippen molar-refractivity contribution in [2.75, 3.05) is 17.7 Å². The molecule has 1 N–H and O–H groups in total. The molecule has 0 fully saturated rings. The van der Waals surface area contributed by atoms with Gasteiger partial charge in [-0.2, -0.15) is 4.73 Å². The lowest BCUT2D eigenvalue weighted by Gasteiger charge is -2.08. The average Bonchev–Trinajstić information content (AvgIpc) is 3.30. The van der Waals surface area contributed by atoms with Crippen LogP contribution in [-0.4, -0.2) is 24.2 Å². The number of furan rings is 1. The van der Waals surface area contributed by atoms with Crippen LogP contribution < -0.4 is 10.0 Å². The van der Waals surface area contributed by atoms with Crippen LogP contribution in [0.25, 0.3) is 11.3 Å². The van der Waals surface area contributed by atoms with Gasteiger partial charge in [0.1, 0.15) is 16.3 Å². The van der Waals surface area contributed by atoms with Gasteiger partial charge in [-0.1, -0.05) is 0 Å². The highest BCUT2D eigenvalue weighted by molar-refractivity contribution is 7.99. The van der Waals surface area contributed by atoms with Crippen LogP contribution in [0.4, 0.5) is 5.00 Å². The Bertz CT molecular complexity index is 937. The van der Waals surface area contributed by atoms with Crippen LogP contribution in [0, 0.1) is 5.21 Å². The molecule has 0 atom stereocenters. The lowest BCUT2D eigenvalue weighted by atomic mass is 10.1. The summed E-state index contributed by atoms with van der Waals surface area (Å²) in [5, 5.41) is 16.9. The first kappa shape index (κ1) is 19.0. The van der Waals surface area contributed by atoms with Crippen LogP contribution >= 0.6 is 23.1 Å². The minimum Gasteiger partial charge on any atom is -0.618 e. The van der Waals surface area contributed by atoms with Crippen LogP contribution in [0.2, 0.25) is 0 Å². The highest BCUT2D eigenvalue weighted by atomic mass is 32.2. The molecule has 0 saturated carbocycles. The number of rotatable bonds is 7. The van der Waals surface area contributed by atoms with Crippen LogP contribution in [0.15, 0.2) is 57.6 Å². The van der Waals surface area contributed by atoms with Gasteiger partial charge in [-0.3, -0.25) is 4.79 Å². The van der Waals surface area contributed by atoms with Crippen molar-refractivity contribution in [2.45, 2.75) is 11.9 Å². The van der Waals surface area contributed by atoms with E-state index in [1.54, 1.807) is 42.6 Å². The molecule has 0 aliphatic heterocycles. The first-order valence-corrected chi connectivity index (χ1v) is 9.90. The van der Waals surface area contributed by atoms with E-state index >= 15 is 0 Å². The summed E-state index contributed by atoms with van der Waals surface area (Å²) in [6, 6.07) is 8.42. The number of thioether (sulfide) groups is 1. The summed E-state index contributed by atoms with van der Waals surface area (Å²) in [7, 11) is 0. The number of hydrogen-bond donors (Lipinski definition) is 1. The van der Waals surface area contributed by atoms with Crippen molar-refractivity contribution >= 4 is 40.0 Å². The minimum atomic E-state index is -0.534. The maximum Gasteiger partial charge on any atom is 0.341 e. The Balaban J connectivity index is 1.77. The average molecular weight is 404 g/mol. The topological polar surface area (TPSA) is 95.5 Å². The van der Waals surface area contributed by atoms with Crippen molar-refractivity contribution in [2.24, 2.45) is 0 Å². The Morgan fingerprint density at radius 1 is 1.33 bits per heavy atom. The number of pyridine rings is 1. The monoisotopic (exact) mass is 404 g/mol. The van der Waals surface area contributed by atoms with E-state index in [2.05, 4.69) is 5.32 Å². The van der Waals surface area contributed by atoms with Gasteiger partial charge in [-0.25, -0.2) is 4.79 Å². The van der Waals surface area contributed by atoms with Gasteiger partial charge in [0.25, 0.3) is 5.03 Å². The molecule has 0 aliphatic rings. The van der Waals surface area contributed by atoms with E-state index in [1.165, 1.54) is 23.8 Å². The molecule has 27 heavy (non-hydrogen) atoms. The molecule has 3 rings (SSSR count). The molecule has 3 aromatic heterocycles. The molecular formula is C18H16N2O5S2. The van der Waals surface area contributed by atoms with Gasteiger partial charge in [0, 0.05) is 23.1 Å². The number of nitrogens with one attached hydrogen (secondary N) is 1. The zero-order chi connectivity index (χ0) is 19.2. The number of thiophene rings is 1. The van der Waals surface area contributed by atoms with Crippen molar-refractivity contribution in [3.05, 3.63) is 58.9 Å². The largest absolute Gasteiger partial charge is 0.618 e. The molecule has 0 saturated heterocycles. The van der Waals surface area contributed by atoms with Crippen LogP contribution in [0.1, 0.15) is 17.3 Å². The summed E-state index contributed by atoms with van der Waals surface area (Å²) in [5.74, 6) is -0.320. The third kappa shape index (κ3) is 4.50. The smallest absolute Gasteiger partial charge is 0.341 e. The Morgan fingerprint density at radius 3 is 2.89 bits per heavy atom. The molecule has 0 radical (unpaired) electrons. The minimum absolute atomic E-state index is 0.0303. The van der Waals surface area contributed by atoms with Gasteiger partial charge < -0.3 is 19.7 Å². The second-order valence-corrected chi connectivity index (χ2v) is 7.13. The van der Waals surface area contributed by atoms with E-state index in [0.717, 1.165) is 11.8 Å². The molecule has 9 heteroatoms. The number of carbonyl (C=O) groups excluding carboxylic acids is 2. The van der Waals surface area contributed by atoms with Gasteiger partial charge in [0.05, 0.1) is 18.6 Å². The van der Waals surface area contributed by atoms with Gasteiger partial charge in [-0.15, -0.1) is 11.3 Å². The van der Waals surface area contributed by atoms with Crippen molar-refractivity contribution in [1.82, 2.24) is 0 Å². The standard InChI is InChI=1S/C18H16N2O5S2/c1-2-24-18(22)16-12(13-6-5-9-25-13)10-27-17(16)19-14(21)11-26-15-7-3-4-8-20(15)23/h3-10H,2,11H2,1H3,(H,19,21). The van der Waals surface area contributed by atoms with Crippen molar-refractivity contribution in [3.8, 4) is 11.3 Å². The number of amides is 1. The highest BCUT2D eigenvalue weighted by Crippen LogP contribution is 2.36. The summed E-state index contributed by atoms with van der Waals surface area (Å²) in [4.78, 5) is 24.7. The molecule has 0 aliphatic carbocycles. The lowest BCUT2D eigenvalue weighted by Crippen LogP contribution is -2.28.